The van der Waals surface area contributed by atoms with E-state index in [1.54, 1.807) is 44.2 Å². The van der Waals surface area contributed by atoms with Crippen LogP contribution in [-0.4, -0.2) is 100 Å². The topological polar surface area (TPSA) is 286 Å². The van der Waals surface area contributed by atoms with Crippen molar-refractivity contribution in [2.45, 2.75) is 95.5 Å². The molecule has 6 atom stereocenters. The molecule has 1 heterocycles. The van der Waals surface area contributed by atoms with E-state index in [1.807, 2.05) is 0 Å². The average molecular weight is 675 g/mol. The minimum Gasteiger partial charge on any atom is -0.480 e. The zero-order valence-corrected chi connectivity index (χ0v) is 27.3. The van der Waals surface area contributed by atoms with E-state index in [0.717, 1.165) is 0 Å². The lowest BCUT2D eigenvalue weighted by atomic mass is 9.99. The number of carboxylic acid groups (broad SMARTS) is 1. The molecule has 264 valence electrons. The van der Waals surface area contributed by atoms with Crippen LogP contribution < -0.4 is 38.5 Å². The number of nitrogens with two attached hydrogens (primary N) is 3. The second-order valence-electron chi connectivity index (χ2n) is 12.1. The van der Waals surface area contributed by atoms with Gasteiger partial charge >= 0.3 is 5.97 Å². The highest BCUT2D eigenvalue weighted by Crippen LogP contribution is 2.18. The van der Waals surface area contributed by atoms with Crippen LogP contribution in [0, 0.1) is 5.92 Å². The highest BCUT2D eigenvalue weighted by molar-refractivity contribution is 5.97. The highest BCUT2D eigenvalue weighted by Gasteiger charge is 2.37. The number of hydrogen-bond donors (Lipinski definition) is 8. The molecule has 2 rings (SSSR count). The van der Waals surface area contributed by atoms with Crippen molar-refractivity contribution in [2.75, 3.05) is 6.54 Å². The summed E-state index contributed by atoms with van der Waals surface area (Å²) in [6, 6.07) is 1.35. The number of amides is 7. The summed E-state index contributed by atoms with van der Waals surface area (Å²) in [4.78, 5) is 102. The van der Waals surface area contributed by atoms with Gasteiger partial charge in [0.2, 0.25) is 41.4 Å². The molecule has 0 bridgehead atoms. The van der Waals surface area contributed by atoms with Gasteiger partial charge in [-0.05, 0) is 37.7 Å². The molecule has 48 heavy (non-hydrogen) atoms. The molecule has 0 aromatic heterocycles. The van der Waals surface area contributed by atoms with Crippen molar-refractivity contribution in [1.82, 2.24) is 26.2 Å². The van der Waals surface area contributed by atoms with Gasteiger partial charge in [-0.3, -0.25) is 33.6 Å². The summed E-state index contributed by atoms with van der Waals surface area (Å²) in [5, 5.41) is 19.5. The van der Waals surface area contributed by atoms with Gasteiger partial charge in [-0.1, -0.05) is 44.2 Å². The lowest BCUT2D eigenvalue weighted by Gasteiger charge is -2.29. The number of nitrogens with one attached hydrogen (secondary N) is 4. The predicted molar refractivity (Wildman–Crippen MR) is 171 cm³/mol. The van der Waals surface area contributed by atoms with Gasteiger partial charge in [-0.25, -0.2) is 4.79 Å². The van der Waals surface area contributed by atoms with E-state index in [2.05, 4.69) is 21.3 Å². The van der Waals surface area contributed by atoms with Crippen molar-refractivity contribution in [1.29, 1.82) is 0 Å². The maximum atomic E-state index is 13.5. The van der Waals surface area contributed by atoms with E-state index in [0.29, 0.717) is 12.0 Å². The molecule has 7 amide bonds. The van der Waals surface area contributed by atoms with Crippen LogP contribution in [0.5, 0.6) is 0 Å². The van der Waals surface area contributed by atoms with Crippen molar-refractivity contribution < 1.29 is 43.5 Å². The number of likely N-dealkylation sites (tertiary alicyclic amines) is 1. The van der Waals surface area contributed by atoms with Crippen LogP contribution in [0.2, 0.25) is 0 Å². The SMILES string of the molecule is CC(NC(=O)C(CCC(N)=O)NC(=O)C(NC(=O)C(Cc1ccccc1)NC(=O)C(N)CC(N)=O)C(C)C)C(=O)N1CCCC1C(=O)O. The summed E-state index contributed by atoms with van der Waals surface area (Å²) in [6.45, 7) is 4.84. The van der Waals surface area contributed by atoms with Gasteiger partial charge in [0.1, 0.15) is 30.2 Å². The number of carbonyl (C=O) groups excluding carboxylic acids is 7. The monoisotopic (exact) mass is 674 g/mol. The Morgan fingerprint density at radius 1 is 0.833 bits per heavy atom. The summed E-state index contributed by atoms with van der Waals surface area (Å²) in [7, 11) is 0. The van der Waals surface area contributed by atoms with Crippen molar-refractivity contribution in [2.24, 2.45) is 23.1 Å². The molecular weight excluding hydrogens is 628 g/mol. The molecule has 6 unspecified atom stereocenters. The third-order valence-corrected chi connectivity index (χ3v) is 7.78. The number of benzene rings is 1. The van der Waals surface area contributed by atoms with Crippen molar-refractivity contribution >= 4 is 47.3 Å². The minimum absolute atomic E-state index is 0.00342. The zero-order valence-electron chi connectivity index (χ0n) is 27.3. The first-order chi connectivity index (χ1) is 22.5. The Hall–Kier alpha value is -5.06. The van der Waals surface area contributed by atoms with E-state index in [9.17, 15) is 43.5 Å². The van der Waals surface area contributed by atoms with E-state index in [4.69, 9.17) is 17.2 Å². The van der Waals surface area contributed by atoms with Crippen LogP contribution in [0.4, 0.5) is 0 Å². The second kappa shape index (κ2) is 18.3. The molecule has 17 nitrogen and oxygen atoms in total. The van der Waals surface area contributed by atoms with Gasteiger partial charge < -0.3 is 48.5 Å². The standard InChI is InChI=1S/C31H46N8O9/c1-16(2)25(38-28(44)21(14-18-8-5-4-6-9-18)37-26(42)19(32)15-24(34)41)29(45)36-20(11-12-23(33)40)27(43)35-17(3)30(46)39-13-7-10-22(39)31(47)48/h4-6,8-9,16-17,19-22,25H,7,10-15,32H2,1-3H3,(H2,33,40)(H2,34,41)(H,35,43)(H,36,45)(H,37,42)(H,38,44)(H,47,48). The van der Waals surface area contributed by atoms with Crippen LogP contribution in [-0.2, 0) is 44.8 Å². The molecule has 1 aliphatic heterocycles. The van der Waals surface area contributed by atoms with Gasteiger partial charge in [0.25, 0.3) is 0 Å². The Bertz CT molecular complexity index is 1360. The molecule has 1 saturated heterocycles. The largest absolute Gasteiger partial charge is 0.480 e. The summed E-state index contributed by atoms with van der Waals surface area (Å²) >= 11 is 0. The van der Waals surface area contributed by atoms with E-state index in [1.165, 1.54) is 11.8 Å². The summed E-state index contributed by atoms with van der Waals surface area (Å²) in [5.41, 5.74) is 16.9. The number of nitrogens with zero attached hydrogens (tertiary/aromatic N) is 1. The van der Waals surface area contributed by atoms with Crippen molar-refractivity contribution in [3.63, 3.8) is 0 Å². The third-order valence-electron chi connectivity index (χ3n) is 7.78. The van der Waals surface area contributed by atoms with Gasteiger partial charge in [0.15, 0.2) is 0 Å². The van der Waals surface area contributed by atoms with Crippen LogP contribution in [0.3, 0.4) is 0 Å². The smallest absolute Gasteiger partial charge is 0.326 e. The van der Waals surface area contributed by atoms with E-state index in [-0.39, 0.29) is 32.2 Å². The molecule has 0 aliphatic carbocycles. The number of hydrogen-bond acceptors (Lipinski definition) is 9. The molecular formula is C31H46N8O9. The number of aliphatic carboxylic acids is 1. The molecule has 0 spiro atoms. The maximum absolute atomic E-state index is 13.5. The van der Waals surface area contributed by atoms with Gasteiger partial charge in [-0.15, -0.1) is 0 Å². The molecule has 0 saturated carbocycles. The second-order valence-corrected chi connectivity index (χ2v) is 12.1. The van der Waals surface area contributed by atoms with Crippen LogP contribution in [0.25, 0.3) is 0 Å². The van der Waals surface area contributed by atoms with Crippen LogP contribution >= 0.6 is 0 Å². The molecule has 1 fully saturated rings. The fraction of sp³-hybridized carbons (Fsp3) is 0.548. The molecule has 1 aliphatic rings. The summed E-state index contributed by atoms with van der Waals surface area (Å²) in [5.74, 6) is -7.10. The number of rotatable bonds is 18. The summed E-state index contributed by atoms with van der Waals surface area (Å²) in [6.07, 6.45) is -0.235. The fourth-order valence-electron chi connectivity index (χ4n) is 5.16. The molecule has 1 aromatic rings. The Kier molecular flexibility index (Phi) is 14.9. The maximum Gasteiger partial charge on any atom is 0.326 e. The normalized spacial score (nSPS) is 17.3. The Labute approximate surface area is 278 Å². The first-order valence-corrected chi connectivity index (χ1v) is 15.6. The number of carboxylic acids is 1. The van der Waals surface area contributed by atoms with Crippen molar-refractivity contribution in [3.8, 4) is 0 Å². The predicted octanol–water partition coefficient (Wildman–Crippen LogP) is -2.61. The Balaban J connectivity index is 2.22. The van der Waals surface area contributed by atoms with E-state index >= 15 is 0 Å². The minimum atomic E-state index is -1.36. The fourth-order valence-corrected chi connectivity index (χ4v) is 5.16. The Morgan fingerprint density at radius 2 is 1.44 bits per heavy atom. The molecule has 11 N–H and O–H groups in total. The quantitative estimate of drug-likeness (QED) is 0.0803. The van der Waals surface area contributed by atoms with Crippen LogP contribution in [0.15, 0.2) is 30.3 Å². The average Bonchev–Trinajstić information content (AvgIpc) is 3.51. The lowest BCUT2D eigenvalue weighted by molar-refractivity contribution is -0.149. The first kappa shape index (κ1) is 39.1. The van der Waals surface area contributed by atoms with E-state index < -0.39 is 95.9 Å². The van der Waals surface area contributed by atoms with Gasteiger partial charge in [0.05, 0.1) is 12.5 Å². The highest BCUT2D eigenvalue weighted by atomic mass is 16.4. The lowest BCUT2D eigenvalue weighted by Crippen LogP contribution is -2.60. The Morgan fingerprint density at radius 3 is 2.00 bits per heavy atom. The number of primary amides is 2. The molecule has 1 aromatic carbocycles. The molecule has 0 radical (unpaired) electrons. The van der Waals surface area contributed by atoms with Gasteiger partial charge in [0, 0.05) is 19.4 Å². The van der Waals surface area contributed by atoms with Gasteiger partial charge in [-0.2, -0.15) is 0 Å². The molecule has 17 heteroatoms. The third kappa shape index (κ3) is 11.9. The van der Waals surface area contributed by atoms with Crippen LogP contribution in [0.1, 0.15) is 58.4 Å². The van der Waals surface area contributed by atoms with Crippen molar-refractivity contribution in [3.05, 3.63) is 35.9 Å². The number of carbonyl (C=O) groups is 8. The summed E-state index contributed by atoms with van der Waals surface area (Å²) < 4.78 is 0. The zero-order chi connectivity index (χ0) is 36.1. The first-order valence-electron chi connectivity index (χ1n) is 15.6.